The molecule has 0 aliphatic rings. The zero-order chi connectivity index (χ0) is 17.3. The lowest BCUT2D eigenvalue weighted by Gasteiger charge is -2.07. The molecule has 1 aromatic heterocycles. The summed E-state index contributed by atoms with van der Waals surface area (Å²) in [5, 5.41) is 10.1. The van der Waals surface area contributed by atoms with Gasteiger partial charge in [-0.1, -0.05) is 35.3 Å². The van der Waals surface area contributed by atoms with Crippen LogP contribution in [0.5, 0.6) is 0 Å². The molecule has 1 heterocycles. The van der Waals surface area contributed by atoms with Gasteiger partial charge in [-0.3, -0.25) is 0 Å². The molecular formula is C17H9Cl2N3O2. The van der Waals surface area contributed by atoms with E-state index in [0.717, 1.165) is 0 Å². The number of hydrogen-bond acceptors (Lipinski definition) is 5. The number of carbonyl (C=O) groups excluding carboxylic acids is 1. The van der Waals surface area contributed by atoms with E-state index in [2.05, 4.69) is 14.7 Å². The summed E-state index contributed by atoms with van der Waals surface area (Å²) < 4.78 is 4.66. The predicted molar refractivity (Wildman–Crippen MR) is 91.0 cm³/mol. The number of ether oxygens (including phenoxy) is 1. The molecule has 24 heavy (non-hydrogen) atoms. The van der Waals surface area contributed by atoms with E-state index in [0.29, 0.717) is 37.9 Å². The summed E-state index contributed by atoms with van der Waals surface area (Å²) in [5.41, 5.74) is 2.63. The second-order valence-electron chi connectivity index (χ2n) is 4.86. The fourth-order valence-electron chi connectivity index (χ4n) is 2.21. The number of nitrogens with zero attached hydrogens (tertiary/aromatic N) is 3. The lowest BCUT2D eigenvalue weighted by molar-refractivity contribution is 0.0601. The van der Waals surface area contributed by atoms with Crippen molar-refractivity contribution >= 4 is 40.2 Å². The second-order valence-corrected chi connectivity index (χ2v) is 5.67. The van der Waals surface area contributed by atoms with Crippen LogP contribution in [0.4, 0.5) is 0 Å². The van der Waals surface area contributed by atoms with Crippen molar-refractivity contribution in [1.29, 1.82) is 5.26 Å². The smallest absolute Gasteiger partial charge is 0.337 e. The van der Waals surface area contributed by atoms with Crippen LogP contribution >= 0.6 is 23.2 Å². The van der Waals surface area contributed by atoms with E-state index in [-0.39, 0.29) is 5.69 Å². The number of hydrogen-bond donors (Lipinski definition) is 0. The first-order valence-electron chi connectivity index (χ1n) is 6.79. The van der Waals surface area contributed by atoms with Gasteiger partial charge in [0.2, 0.25) is 0 Å². The summed E-state index contributed by atoms with van der Waals surface area (Å²) >= 11 is 12.0. The van der Waals surface area contributed by atoms with Gasteiger partial charge < -0.3 is 4.74 Å². The Kier molecular flexibility index (Phi) is 4.34. The number of esters is 1. The van der Waals surface area contributed by atoms with Crippen LogP contribution in [-0.2, 0) is 4.74 Å². The van der Waals surface area contributed by atoms with Crippen molar-refractivity contribution in [3.8, 4) is 17.3 Å². The Morgan fingerprint density at radius 1 is 1.08 bits per heavy atom. The molecule has 3 aromatic rings. The standard InChI is InChI=1S/C17H9Cl2N3O2/c1-24-17(23)10-4-2-9(3-5-10)16-15(8-20)21-13-6-11(18)12(19)7-14(13)22-16/h2-7H,1H3. The van der Waals surface area contributed by atoms with Gasteiger partial charge >= 0.3 is 5.97 Å². The Hall–Kier alpha value is -2.68. The molecule has 0 bridgehead atoms. The Morgan fingerprint density at radius 2 is 1.67 bits per heavy atom. The van der Waals surface area contributed by atoms with Gasteiger partial charge in [0.15, 0.2) is 5.69 Å². The van der Waals surface area contributed by atoms with Gasteiger partial charge in [0.1, 0.15) is 11.8 Å². The van der Waals surface area contributed by atoms with E-state index < -0.39 is 5.97 Å². The predicted octanol–water partition coefficient (Wildman–Crippen LogP) is 4.26. The van der Waals surface area contributed by atoms with Gasteiger partial charge in [0.05, 0.1) is 33.8 Å². The molecule has 118 valence electrons. The molecule has 0 radical (unpaired) electrons. The molecule has 0 aliphatic carbocycles. The molecule has 0 saturated carbocycles. The summed E-state index contributed by atoms with van der Waals surface area (Å²) in [5.74, 6) is -0.437. The number of aromatic nitrogens is 2. The van der Waals surface area contributed by atoms with E-state index in [9.17, 15) is 10.1 Å². The van der Waals surface area contributed by atoms with E-state index in [1.54, 1.807) is 36.4 Å². The van der Waals surface area contributed by atoms with Crippen LogP contribution in [0.25, 0.3) is 22.3 Å². The molecule has 2 aromatic carbocycles. The first kappa shape index (κ1) is 16.2. The third-order valence-electron chi connectivity index (χ3n) is 3.39. The maximum atomic E-state index is 11.5. The van der Waals surface area contributed by atoms with Gasteiger partial charge in [-0.25, -0.2) is 14.8 Å². The highest BCUT2D eigenvalue weighted by molar-refractivity contribution is 6.42. The summed E-state index contributed by atoms with van der Waals surface area (Å²) in [6.07, 6.45) is 0. The van der Waals surface area contributed by atoms with Crippen molar-refractivity contribution in [1.82, 2.24) is 9.97 Å². The SMILES string of the molecule is COC(=O)c1ccc(-c2nc3cc(Cl)c(Cl)cc3nc2C#N)cc1. The van der Waals surface area contributed by atoms with Gasteiger partial charge in [-0.15, -0.1) is 0 Å². The maximum absolute atomic E-state index is 11.5. The summed E-state index contributed by atoms with van der Waals surface area (Å²) in [6, 6.07) is 11.8. The Balaban J connectivity index is 2.16. The van der Waals surface area contributed by atoms with Crippen molar-refractivity contribution in [3.63, 3.8) is 0 Å². The highest BCUT2D eigenvalue weighted by Crippen LogP contribution is 2.29. The minimum absolute atomic E-state index is 0.159. The molecule has 0 saturated heterocycles. The van der Waals surface area contributed by atoms with E-state index in [1.807, 2.05) is 6.07 Å². The molecule has 0 spiro atoms. The Labute approximate surface area is 147 Å². The number of nitriles is 1. The van der Waals surface area contributed by atoms with Crippen molar-refractivity contribution in [2.75, 3.05) is 7.11 Å². The largest absolute Gasteiger partial charge is 0.465 e. The second kappa shape index (κ2) is 6.44. The van der Waals surface area contributed by atoms with Crippen molar-refractivity contribution in [3.05, 3.63) is 57.7 Å². The van der Waals surface area contributed by atoms with Gasteiger partial charge in [0.25, 0.3) is 0 Å². The number of fused-ring (bicyclic) bond motifs is 1. The summed E-state index contributed by atoms with van der Waals surface area (Å²) in [6.45, 7) is 0. The molecule has 0 fully saturated rings. The van der Waals surface area contributed by atoms with Gasteiger partial charge in [-0.05, 0) is 24.3 Å². The zero-order valence-corrected chi connectivity index (χ0v) is 13.9. The molecule has 0 atom stereocenters. The van der Waals surface area contributed by atoms with Gasteiger partial charge in [0, 0.05) is 5.56 Å². The van der Waals surface area contributed by atoms with Crippen LogP contribution in [0.15, 0.2) is 36.4 Å². The quantitative estimate of drug-likeness (QED) is 0.640. The number of rotatable bonds is 2. The lowest BCUT2D eigenvalue weighted by atomic mass is 10.1. The van der Waals surface area contributed by atoms with Crippen LogP contribution in [0.2, 0.25) is 10.0 Å². The van der Waals surface area contributed by atoms with Crippen LogP contribution in [0, 0.1) is 11.3 Å². The number of benzene rings is 2. The lowest BCUT2D eigenvalue weighted by Crippen LogP contribution is -2.01. The highest BCUT2D eigenvalue weighted by Gasteiger charge is 2.13. The molecule has 0 N–H and O–H groups in total. The van der Waals surface area contributed by atoms with Crippen molar-refractivity contribution in [2.24, 2.45) is 0 Å². The third kappa shape index (κ3) is 2.90. The molecule has 0 amide bonds. The average molecular weight is 358 g/mol. The average Bonchev–Trinajstić information content (AvgIpc) is 2.61. The Bertz CT molecular complexity index is 995. The number of halogens is 2. The van der Waals surface area contributed by atoms with Crippen LogP contribution in [0.1, 0.15) is 16.1 Å². The van der Waals surface area contributed by atoms with Crippen molar-refractivity contribution in [2.45, 2.75) is 0 Å². The molecule has 5 nitrogen and oxygen atoms in total. The monoisotopic (exact) mass is 357 g/mol. The van der Waals surface area contributed by atoms with E-state index in [1.165, 1.54) is 7.11 Å². The van der Waals surface area contributed by atoms with E-state index >= 15 is 0 Å². The minimum Gasteiger partial charge on any atom is -0.465 e. The zero-order valence-electron chi connectivity index (χ0n) is 12.4. The highest BCUT2D eigenvalue weighted by atomic mass is 35.5. The Morgan fingerprint density at radius 3 is 2.21 bits per heavy atom. The first-order chi connectivity index (χ1) is 11.5. The molecule has 3 rings (SSSR count). The van der Waals surface area contributed by atoms with Crippen LogP contribution in [0.3, 0.4) is 0 Å². The van der Waals surface area contributed by atoms with Crippen LogP contribution in [-0.4, -0.2) is 23.0 Å². The topological polar surface area (TPSA) is 75.9 Å². The maximum Gasteiger partial charge on any atom is 0.337 e. The third-order valence-corrected chi connectivity index (χ3v) is 4.11. The van der Waals surface area contributed by atoms with Gasteiger partial charge in [-0.2, -0.15) is 5.26 Å². The fourth-order valence-corrected chi connectivity index (χ4v) is 2.53. The summed E-state index contributed by atoms with van der Waals surface area (Å²) in [4.78, 5) is 20.3. The normalized spacial score (nSPS) is 10.4. The minimum atomic E-state index is -0.437. The first-order valence-corrected chi connectivity index (χ1v) is 7.54. The molecule has 0 unspecified atom stereocenters. The number of carbonyl (C=O) groups is 1. The van der Waals surface area contributed by atoms with Crippen molar-refractivity contribution < 1.29 is 9.53 Å². The molecule has 0 aliphatic heterocycles. The molecule has 7 heteroatoms. The molecular weight excluding hydrogens is 349 g/mol. The van der Waals surface area contributed by atoms with E-state index in [4.69, 9.17) is 23.2 Å². The fraction of sp³-hybridized carbons (Fsp3) is 0.0588. The number of methoxy groups -OCH3 is 1. The van der Waals surface area contributed by atoms with Crippen LogP contribution < -0.4 is 0 Å². The summed E-state index contributed by atoms with van der Waals surface area (Å²) in [7, 11) is 1.31.